The molecule has 16 heavy (non-hydrogen) atoms. The Morgan fingerprint density at radius 2 is 2.31 bits per heavy atom. The van der Waals surface area contributed by atoms with E-state index in [1.54, 1.807) is 19.2 Å². The molecule has 1 aliphatic carbocycles. The molecule has 0 heterocycles. The molecule has 0 radical (unpaired) electrons. The highest BCUT2D eigenvalue weighted by Gasteiger charge is 2.18. The molecule has 1 N–H and O–H groups in total. The minimum absolute atomic E-state index is 0.00852. The number of hydrogen-bond donors (Lipinski definition) is 1. The van der Waals surface area contributed by atoms with Crippen molar-refractivity contribution >= 4 is 5.91 Å². The normalized spacial score (nSPS) is 15.3. The van der Waals surface area contributed by atoms with Crippen molar-refractivity contribution in [2.24, 2.45) is 5.92 Å². The van der Waals surface area contributed by atoms with Gasteiger partial charge in [-0.2, -0.15) is 0 Å². The Labute approximate surface area is 95.8 Å². The van der Waals surface area contributed by atoms with Crippen LogP contribution < -0.4 is 10.1 Å². The van der Waals surface area contributed by atoms with Crippen LogP contribution in [0.15, 0.2) is 24.3 Å². The lowest BCUT2D eigenvalue weighted by molar-refractivity contribution is 0.0938. The van der Waals surface area contributed by atoms with Gasteiger partial charge in [-0.15, -0.1) is 0 Å². The molecule has 1 aromatic rings. The molecule has 1 amide bonds. The number of benzene rings is 1. The quantitative estimate of drug-likeness (QED) is 0.843. The highest BCUT2D eigenvalue weighted by molar-refractivity contribution is 5.94. The Bertz CT molecular complexity index is 372. The molecule has 0 spiro atoms. The fourth-order valence-corrected chi connectivity index (χ4v) is 1.80. The summed E-state index contributed by atoms with van der Waals surface area (Å²) in [5.41, 5.74) is 0.665. The van der Waals surface area contributed by atoms with Gasteiger partial charge in [0.25, 0.3) is 5.91 Å². The minimum Gasteiger partial charge on any atom is -0.497 e. The Morgan fingerprint density at radius 3 is 2.94 bits per heavy atom. The molecule has 2 rings (SSSR count). The van der Waals surface area contributed by atoms with Crippen LogP contribution in [0.25, 0.3) is 0 Å². The van der Waals surface area contributed by atoms with Crippen LogP contribution in [-0.2, 0) is 0 Å². The molecule has 0 aromatic heterocycles. The van der Waals surface area contributed by atoms with Gasteiger partial charge in [0.2, 0.25) is 0 Å². The number of nitrogens with one attached hydrogen (secondary N) is 1. The van der Waals surface area contributed by atoms with Crippen LogP contribution in [0.4, 0.5) is 0 Å². The summed E-state index contributed by atoms with van der Waals surface area (Å²) < 4.78 is 5.08. The third-order valence-electron chi connectivity index (χ3n) is 3.11. The largest absolute Gasteiger partial charge is 0.497 e. The monoisotopic (exact) mass is 219 g/mol. The molecule has 0 atom stereocenters. The van der Waals surface area contributed by atoms with Crippen LogP contribution in [0.5, 0.6) is 5.75 Å². The highest BCUT2D eigenvalue weighted by Crippen LogP contribution is 2.25. The molecule has 1 saturated carbocycles. The van der Waals surface area contributed by atoms with Crippen LogP contribution in [0.2, 0.25) is 0 Å². The van der Waals surface area contributed by atoms with E-state index in [2.05, 4.69) is 5.32 Å². The lowest BCUT2D eigenvalue weighted by Crippen LogP contribution is -2.32. The molecule has 3 heteroatoms. The second kappa shape index (κ2) is 5.01. The highest BCUT2D eigenvalue weighted by atomic mass is 16.5. The van der Waals surface area contributed by atoms with Crippen LogP contribution in [0, 0.1) is 5.92 Å². The standard InChI is InChI=1S/C13H17NO2/c1-16-12-7-3-6-11(8-12)13(15)14-9-10-4-2-5-10/h3,6-8,10H,2,4-5,9H2,1H3,(H,14,15). The maximum absolute atomic E-state index is 11.8. The Hall–Kier alpha value is -1.51. The van der Waals surface area contributed by atoms with Crippen molar-refractivity contribution in [2.75, 3.05) is 13.7 Å². The summed E-state index contributed by atoms with van der Waals surface area (Å²) in [5.74, 6) is 1.40. The molecule has 0 aliphatic heterocycles. The molecule has 86 valence electrons. The molecule has 1 aliphatic rings. The summed E-state index contributed by atoms with van der Waals surface area (Å²) in [6.07, 6.45) is 3.80. The predicted molar refractivity (Wildman–Crippen MR) is 62.7 cm³/mol. The van der Waals surface area contributed by atoms with Gasteiger partial charge in [0.15, 0.2) is 0 Å². The number of hydrogen-bond acceptors (Lipinski definition) is 2. The Morgan fingerprint density at radius 1 is 1.50 bits per heavy atom. The zero-order valence-electron chi connectivity index (χ0n) is 9.53. The Balaban J connectivity index is 1.91. The SMILES string of the molecule is COc1cccc(C(=O)NCC2CCC2)c1. The van der Waals surface area contributed by atoms with Crippen LogP contribution >= 0.6 is 0 Å². The maximum Gasteiger partial charge on any atom is 0.251 e. The summed E-state index contributed by atoms with van der Waals surface area (Å²) >= 11 is 0. The van der Waals surface area contributed by atoms with E-state index in [1.807, 2.05) is 12.1 Å². The van der Waals surface area contributed by atoms with Gasteiger partial charge in [0.1, 0.15) is 5.75 Å². The van der Waals surface area contributed by atoms with Crippen molar-refractivity contribution in [3.8, 4) is 5.75 Å². The van der Waals surface area contributed by atoms with Gasteiger partial charge in [-0.1, -0.05) is 12.5 Å². The maximum atomic E-state index is 11.8. The van der Waals surface area contributed by atoms with Gasteiger partial charge in [-0.3, -0.25) is 4.79 Å². The Kier molecular flexibility index (Phi) is 3.44. The van der Waals surface area contributed by atoms with Crippen LogP contribution in [0.3, 0.4) is 0 Å². The van der Waals surface area contributed by atoms with Gasteiger partial charge in [0.05, 0.1) is 7.11 Å². The lowest BCUT2D eigenvalue weighted by Gasteiger charge is -2.25. The van der Waals surface area contributed by atoms with Gasteiger partial charge in [0, 0.05) is 12.1 Å². The fraction of sp³-hybridized carbons (Fsp3) is 0.462. The van der Waals surface area contributed by atoms with E-state index in [-0.39, 0.29) is 5.91 Å². The number of rotatable bonds is 4. The van der Waals surface area contributed by atoms with Crippen LogP contribution in [0.1, 0.15) is 29.6 Å². The first kappa shape index (κ1) is 11.0. The zero-order valence-corrected chi connectivity index (χ0v) is 9.53. The lowest BCUT2D eigenvalue weighted by atomic mass is 9.85. The van der Waals surface area contributed by atoms with Crippen molar-refractivity contribution in [1.29, 1.82) is 0 Å². The first-order chi connectivity index (χ1) is 7.79. The van der Waals surface area contributed by atoms with Gasteiger partial charge in [-0.25, -0.2) is 0 Å². The van der Waals surface area contributed by atoms with E-state index >= 15 is 0 Å². The van der Waals surface area contributed by atoms with E-state index in [0.29, 0.717) is 11.5 Å². The van der Waals surface area contributed by atoms with Gasteiger partial charge >= 0.3 is 0 Å². The molecule has 0 bridgehead atoms. The number of methoxy groups -OCH3 is 1. The molecule has 3 nitrogen and oxygen atoms in total. The van der Waals surface area contributed by atoms with Crippen molar-refractivity contribution in [2.45, 2.75) is 19.3 Å². The van der Waals surface area contributed by atoms with E-state index in [4.69, 9.17) is 4.74 Å². The van der Waals surface area contributed by atoms with E-state index in [1.165, 1.54) is 19.3 Å². The fourth-order valence-electron chi connectivity index (χ4n) is 1.80. The molecule has 1 aromatic carbocycles. The molecule has 1 fully saturated rings. The molecule has 0 saturated heterocycles. The van der Waals surface area contributed by atoms with Gasteiger partial charge < -0.3 is 10.1 Å². The third kappa shape index (κ3) is 2.54. The summed E-state index contributed by atoms with van der Waals surface area (Å²) in [5, 5.41) is 2.96. The van der Waals surface area contributed by atoms with E-state index < -0.39 is 0 Å². The molecular weight excluding hydrogens is 202 g/mol. The van der Waals surface area contributed by atoms with E-state index in [0.717, 1.165) is 12.3 Å². The number of ether oxygens (including phenoxy) is 1. The van der Waals surface area contributed by atoms with Crippen molar-refractivity contribution < 1.29 is 9.53 Å². The average Bonchev–Trinajstić information content (AvgIpc) is 2.27. The predicted octanol–water partition coefficient (Wildman–Crippen LogP) is 2.23. The van der Waals surface area contributed by atoms with E-state index in [9.17, 15) is 4.79 Å². The number of carbonyl (C=O) groups is 1. The minimum atomic E-state index is -0.00852. The van der Waals surface area contributed by atoms with Crippen molar-refractivity contribution in [1.82, 2.24) is 5.32 Å². The number of carbonyl (C=O) groups excluding carboxylic acids is 1. The summed E-state index contributed by atoms with van der Waals surface area (Å²) in [7, 11) is 1.60. The second-order valence-corrected chi connectivity index (χ2v) is 4.24. The van der Waals surface area contributed by atoms with Crippen molar-refractivity contribution in [3.63, 3.8) is 0 Å². The number of amides is 1. The topological polar surface area (TPSA) is 38.3 Å². The average molecular weight is 219 g/mol. The smallest absolute Gasteiger partial charge is 0.251 e. The molecular formula is C13H17NO2. The third-order valence-corrected chi connectivity index (χ3v) is 3.11. The summed E-state index contributed by atoms with van der Waals surface area (Å²) in [6, 6.07) is 7.23. The first-order valence-electron chi connectivity index (χ1n) is 5.72. The molecule has 0 unspecified atom stereocenters. The zero-order chi connectivity index (χ0) is 11.4. The first-order valence-corrected chi connectivity index (χ1v) is 5.72. The van der Waals surface area contributed by atoms with Gasteiger partial charge in [-0.05, 0) is 37.0 Å². The summed E-state index contributed by atoms with van der Waals surface area (Å²) in [6.45, 7) is 0.802. The van der Waals surface area contributed by atoms with Crippen LogP contribution in [-0.4, -0.2) is 19.6 Å². The van der Waals surface area contributed by atoms with Crippen molar-refractivity contribution in [3.05, 3.63) is 29.8 Å². The summed E-state index contributed by atoms with van der Waals surface area (Å²) in [4.78, 5) is 11.8. The second-order valence-electron chi connectivity index (χ2n) is 4.24.